The number of nitrogens with zero attached hydrogens (tertiary/aromatic N) is 1. The zero-order chi connectivity index (χ0) is 13.0. The average Bonchev–Trinajstić information content (AvgIpc) is 2.38. The third-order valence-corrected chi connectivity index (χ3v) is 3.75. The molecule has 1 nitrogen and oxygen atoms in total. The lowest BCUT2D eigenvalue weighted by Crippen LogP contribution is -2.29. The molecule has 1 aromatic carbocycles. The van der Waals surface area contributed by atoms with Crippen LogP contribution in [0.25, 0.3) is 0 Å². The lowest BCUT2D eigenvalue weighted by Gasteiger charge is -2.29. The zero-order valence-corrected chi connectivity index (χ0v) is 11.6. The van der Waals surface area contributed by atoms with Gasteiger partial charge in [0.2, 0.25) is 0 Å². The van der Waals surface area contributed by atoms with Crippen LogP contribution in [0.3, 0.4) is 0 Å². The summed E-state index contributed by atoms with van der Waals surface area (Å²) in [7, 11) is 0. The van der Waals surface area contributed by atoms with E-state index in [0.29, 0.717) is 5.92 Å². The maximum Gasteiger partial charge on any atom is 0.128 e. The van der Waals surface area contributed by atoms with Crippen LogP contribution in [0.5, 0.6) is 0 Å². The number of halogens is 1. The molecule has 2 rings (SSSR count). The normalized spacial score (nSPS) is 16.3. The van der Waals surface area contributed by atoms with Crippen molar-refractivity contribution in [2.75, 3.05) is 18.0 Å². The van der Waals surface area contributed by atoms with E-state index in [1.165, 1.54) is 19.3 Å². The molecule has 0 radical (unpaired) electrons. The van der Waals surface area contributed by atoms with Crippen molar-refractivity contribution < 1.29 is 4.39 Å². The van der Waals surface area contributed by atoms with Crippen LogP contribution in [0.4, 0.5) is 10.1 Å². The molecule has 0 aromatic heterocycles. The summed E-state index contributed by atoms with van der Waals surface area (Å²) in [5, 5.41) is 0. The van der Waals surface area contributed by atoms with E-state index < -0.39 is 0 Å². The maximum absolute atomic E-state index is 14.0. The molecular weight excluding hydrogens is 225 g/mol. The minimum atomic E-state index is -0.0290. The van der Waals surface area contributed by atoms with Gasteiger partial charge in [-0.15, -0.1) is 0 Å². The minimum Gasteiger partial charge on any atom is -0.371 e. The first-order valence-corrected chi connectivity index (χ1v) is 7.20. The van der Waals surface area contributed by atoms with Gasteiger partial charge in [0.15, 0.2) is 0 Å². The SMILES string of the molecule is CC(C)CCc1ccc(N2CCCCC2)cc1F. The summed E-state index contributed by atoms with van der Waals surface area (Å²) < 4.78 is 14.0. The molecule has 1 aliphatic rings. The second-order valence-corrected chi connectivity index (χ2v) is 5.76. The molecule has 1 fully saturated rings. The monoisotopic (exact) mass is 249 g/mol. The molecule has 100 valence electrons. The lowest BCUT2D eigenvalue weighted by molar-refractivity contribution is 0.554. The minimum absolute atomic E-state index is 0.0290. The summed E-state index contributed by atoms with van der Waals surface area (Å²) >= 11 is 0. The van der Waals surface area contributed by atoms with Crippen molar-refractivity contribution in [3.8, 4) is 0 Å². The van der Waals surface area contributed by atoms with E-state index in [9.17, 15) is 4.39 Å². The average molecular weight is 249 g/mol. The number of hydrogen-bond donors (Lipinski definition) is 0. The standard InChI is InChI=1S/C16H24FN/c1-13(2)6-7-14-8-9-15(12-16(14)17)18-10-4-3-5-11-18/h8-9,12-13H,3-7,10-11H2,1-2H3. The van der Waals surface area contributed by atoms with Gasteiger partial charge in [0.25, 0.3) is 0 Å². The molecule has 1 aromatic rings. The Morgan fingerprint density at radius 1 is 1.17 bits per heavy atom. The number of benzene rings is 1. The van der Waals surface area contributed by atoms with E-state index >= 15 is 0 Å². The van der Waals surface area contributed by atoms with Gasteiger partial charge in [0.1, 0.15) is 5.82 Å². The number of hydrogen-bond acceptors (Lipinski definition) is 1. The van der Waals surface area contributed by atoms with Crippen molar-refractivity contribution in [1.82, 2.24) is 0 Å². The first kappa shape index (κ1) is 13.4. The molecule has 1 heterocycles. The Morgan fingerprint density at radius 2 is 1.89 bits per heavy atom. The molecule has 0 saturated carbocycles. The van der Waals surface area contributed by atoms with Crippen molar-refractivity contribution >= 4 is 5.69 Å². The predicted molar refractivity (Wildman–Crippen MR) is 75.6 cm³/mol. The van der Waals surface area contributed by atoms with Crippen LogP contribution in [0.2, 0.25) is 0 Å². The Balaban J connectivity index is 2.04. The molecule has 18 heavy (non-hydrogen) atoms. The van der Waals surface area contributed by atoms with Crippen LogP contribution in [0.15, 0.2) is 18.2 Å². The van der Waals surface area contributed by atoms with Crippen LogP contribution >= 0.6 is 0 Å². The fourth-order valence-corrected chi connectivity index (χ4v) is 2.53. The predicted octanol–water partition coefficient (Wildman–Crippen LogP) is 4.40. The smallest absolute Gasteiger partial charge is 0.128 e. The van der Waals surface area contributed by atoms with Crippen molar-refractivity contribution in [3.63, 3.8) is 0 Å². The van der Waals surface area contributed by atoms with Gasteiger partial charge in [0, 0.05) is 18.8 Å². The highest BCUT2D eigenvalue weighted by Gasteiger charge is 2.12. The van der Waals surface area contributed by atoms with E-state index in [1.54, 1.807) is 6.07 Å². The van der Waals surface area contributed by atoms with Gasteiger partial charge in [-0.05, 0) is 55.7 Å². The van der Waals surface area contributed by atoms with Crippen LogP contribution in [-0.4, -0.2) is 13.1 Å². The van der Waals surface area contributed by atoms with Gasteiger partial charge in [-0.25, -0.2) is 4.39 Å². The summed E-state index contributed by atoms with van der Waals surface area (Å²) in [6, 6.07) is 5.78. The molecule has 0 unspecified atom stereocenters. The second-order valence-electron chi connectivity index (χ2n) is 5.76. The molecule has 2 heteroatoms. The molecule has 0 N–H and O–H groups in total. The fourth-order valence-electron chi connectivity index (χ4n) is 2.53. The molecule has 0 aliphatic carbocycles. The quantitative estimate of drug-likeness (QED) is 0.764. The van der Waals surface area contributed by atoms with Crippen molar-refractivity contribution in [1.29, 1.82) is 0 Å². The van der Waals surface area contributed by atoms with Gasteiger partial charge >= 0.3 is 0 Å². The van der Waals surface area contributed by atoms with Crippen LogP contribution in [0, 0.1) is 11.7 Å². The molecule has 0 amide bonds. The Bertz CT molecular complexity index is 381. The molecule has 1 saturated heterocycles. The van der Waals surface area contributed by atoms with Gasteiger partial charge in [-0.1, -0.05) is 19.9 Å². The molecular formula is C16H24FN. The van der Waals surface area contributed by atoms with E-state index in [-0.39, 0.29) is 5.82 Å². The van der Waals surface area contributed by atoms with E-state index in [1.807, 2.05) is 6.07 Å². The van der Waals surface area contributed by atoms with Crippen molar-refractivity contribution in [2.24, 2.45) is 5.92 Å². The summed E-state index contributed by atoms with van der Waals surface area (Å²) in [5.41, 5.74) is 1.92. The highest BCUT2D eigenvalue weighted by atomic mass is 19.1. The van der Waals surface area contributed by atoms with E-state index in [4.69, 9.17) is 0 Å². The Kier molecular flexibility index (Phi) is 4.62. The summed E-state index contributed by atoms with van der Waals surface area (Å²) in [6.45, 7) is 6.51. The summed E-state index contributed by atoms with van der Waals surface area (Å²) in [5.74, 6) is 0.602. The van der Waals surface area contributed by atoms with Crippen molar-refractivity contribution in [2.45, 2.75) is 46.0 Å². The highest BCUT2D eigenvalue weighted by molar-refractivity contribution is 5.48. The topological polar surface area (TPSA) is 3.24 Å². The fraction of sp³-hybridized carbons (Fsp3) is 0.625. The molecule has 0 atom stereocenters. The van der Waals surface area contributed by atoms with Gasteiger partial charge in [0.05, 0.1) is 0 Å². The largest absolute Gasteiger partial charge is 0.371 e. The summed E-state index contributed by atoms with van der Waals surface area (Å²) in [6.07, 6.45) is 5.68. The van der Waals surface area contributed by atoms with Gasteiger partial charge in [-0.3, -0.25) is 0 Å². The highest BCUT2D eigenvalue weighted by Crippen LogP contribution is 2.23. The molecule has 0 bridgehead atoms. The second kappa shape index (κ2) is 6.21. The summed E-state index contributed by atoms with van der Waals surface area (Å²) in [4.78, 5) is 2.30. The number of aryl methyl sites for hydroxylation is 1. The third kappa shape index (κ3) is 3.47. The van der Waals surface area contributed by atoms with Crippen molar-refractivity contribution in [3.05, 3.63) is 29.6 Å². The van der Waals surface area contributed by atoms with Gasteiger partial charge < -0.3 is 4.90 Å². The Hall–Kier alpha value is -1.05. The molecule has 0 spiro atoms. The molecule has 1 aliphatic heterocycles. The maximum atomic E-state index is 14.0. The van der Waals surface area contributed by atoms with Crippen LogP contribution in [0.1, 0.15) is 45.1 Å². The number of piperidine rings is 1. The van der Waals surface area contributed by atoms with Gasteiger partial charge in [-0.2, -0.15) is 0 Å². The Morgan fingerprint density at radius 3 is 2.50 bits per heavy atom. The van der Waals surface area contributed by atoms with E-state index in [2.05, 4.69) is 24.8 Å². The number of rotatable bonds is 4. The first-order valence-electron chi connectivity index (χ1n) is 7.20. The third-order valence-electron chi connectivity index (χ3n) is 3.75. The van der Waals surface area contributed by atoms with Crippen LogP contribution < -0.4 is 4.90 Å². The van der Waals surface area contributed by atoms with E-state index in [0.717, 1.165) is 37.2 Å². The first-order chi connectivity index (χ1) is 8.66. The zero-order valence-electron chi connectivity index (χ0n) is 11.6. The van der Waals surface area contributed by atoms with Crippen LogP contribution in [-0.2, 0) is 6.42 Å². The lowest BCUT2D eigenvalue weighted by atomic mass is 10.0. The number of anilines is 1. The Labute approximate surface area is 110 Å².